The SMILES string of the molecule is CCOC(=O)c1sc2ccc(NC3=C(c4ccccc4)S(=O)(=O)N(CCOC)C3=O)cc2c1C.COCCN1C(=O)C(Nc2nc(N3CCOCC3)n[nH]2)=C(c2ccccc2)S1(=O)=O. The first-order valence-electron chi connectivity index (χ1n) is 20.0. The summed E-state index contributed by atoms with van der Waals surface area (Å²) in [5, 5.41) is 13.6. The number of anilines is 3. The second kappa shape index (κ2) is 19.7. The number of carbonyl (C=O) groups is 3. The zero-order valence-electron chi connectivity index (χ0n) is 35.3. The number of thiophene rings is 1. The number of morpholine rings is 1. The molecule has 0 spiro atoms. The standard InChI is InChI=1S/C24H24N2O6S2.C18H22N6O5S/c1-4-32-24(28)21-15(2)18-14-17(10-11-19(18)33-21)25-20-22(16-8-6-5-7-9-16)34(29,30)26(23(20)27)12-13-31-3;1-28-10-9-24-16(25)14(15(30(24,26)27)13-5-3-2-4-6-13)19-17-20-18(22-21-17)23-7-11-29-12-8-23/h5-11,14,25H,4,12-13H2,1-3H3;2-6H,7-12H2,1H3,(H2,19,20,21,22). The number of H-pyrrole nitrogens is 1. The quantitative estimate of drug-likeness (QED) is 0.125. The maximum absolute atomic E-state index is 13.3. The third-order valence-electron chi connectivity index (χ3n) is 10.2. The molecule has 0 unspecified atom stereocenters. The van der Waals surface area contributed by atoms with Crippen LogP contribution in [0.2, 0.25) is 0 Å². The fraction of sp³-hybridized carbons (Fsp3) is 0.310. The lowest BCUT2D eigenvalue weighted by atomic mass is 10.1. The molecule has 0 bridgehead atoms. The van der Waals surface area contributed by atoms with Crippen LogP contribution in [0.1, 0.15) is 33.3 Å². The van der Waals surface area contributed by atoms with E-state index in [-0.39, 0.29) is 66.0 Å². The normalized spacial score (nSPS) is 17.0. The van der Waals surface area contributed by atoms with Crippen molar-refractivity contribution in [2.24, 2.45) is 0 Å². The molecule has 3 aliphatic heterocycles. The number of ether oxygens (including phenoxy) is 4. The third-order valence-corrected chi connectivity index (χ3v) is 15.2. The van der Waals surface area contributed by atoms with Gasteiger partial charge in [-0.25, -0.2) is 35.3 Å². The number of methoxy groups -OCH3 is 2. The minimum Gasteiger partial charge on any atom is -0.462 e. The van der Waals surface area contributed by atoms with Crippen LogP contribution >= 0.6 is 11.3 Å². The van der Waals surface area contributed by atoms with Crippen molar-refractivity contribution in [3.8, 4) is 0 Å². The van der Waals surface area contributed by atoms with Crippen molar-refractivity contribution in [2.75, 3.05) is 89.0 Å². The van der Waals surface area contributed by atoms with E-state index in [0.29, 0.717) is 53.9 Å². The van der Waals surface area contributed by atoms with Gasteiger partial charge in [0.2, 0.25) is 11.9 Å². The molecule has 3 aromatic carbocycles. The minimum absolute atomic E-state index is 0.0276. The summed E-state index contributed by atoms with van der Waals surface area (Å²) in [6.45, 7) is 6.30. The van der Waals surface area contributed by atoms with Crippen molar-refractivity contribution in [2.45, 2.75) is 13.8 Å². The molecule has 2 aromatic heterocycles. The highest BCUT2D eigenvalue weighted by Crippen LogP contribution is 2.39. The van der Waals surface area contributed by atoms with Crippen LogP contribution in [0.15, 0.2) is 90.3 Å². The number of esters is 1. The van der Waals surface area contributed by atoms with Gasteiger partial charge in [0.05, 0.1) is 46.1 Å². The van der Waals surface area contributed by atoms with E-state index in [0.717, 1.165) is 24.3 Å². The predicted octanol–water partition coefficient (Wildman–Crippen LogP) is 4.23. The number of hydrogen-bond acceptors (Lipinski definition) is 17. The number of amides is 2. The average Bonchev–Trinajstić information content (AvgIpc) is 3.99. The molecule has 64 heavy (non-hydrogen) atoms. The van der Waals surface area contributed by atoms with Gasteiger partial charge < -0.3 is 34.5 Å². The zero-order valence-corrected chi connectivity index (χ0v) is 37.8. The van der Waals surface area contributed by atoms with Crippen molar-refractivity contribution < 1.29 is 50.2 Å². The van der Waals surface area contributed by atoms with Gasteiger partial charge in [-0.15, -0.1) is 16.4 Å². The van der Waals surface area contributed by atoms with Crippen LogP contribution in [0.4, 0.5) is 17.6 Å². The van der Waals surface area contributed by atoms with E-state index in [4.69, 9.17) is 18.9 Å². The van der Waals surface area contributed by atoms with Crippen LogP contribution in [-0.4, -0.2) is 132 Å². The summed E-state index contributed by atoms with van der Waals surface area (Å²) >= 11 is 1.33. The molecule has 22 heteroatoms. The lowest BCUT2D eigenvalue weighted by molar-refractivity contribution is -0.123. The Morgan fingerprint density at radius 2 is 1.36 bits per heavy atom. The highest BCUT2D eigenvalue weighted by atomic mass is 32.2. The van der Waals surface area contributed by atoms with E-state index in [1.807, 2.05) is 17.9 Å². The minimum atomic E-state index is -4.07. The van der Waals surface area contributed by atoms with Gasteiger partial charge in [-0.05, 0) is 54.1 Å². The highest BCUT2D eigenvalue weighted by molar-refractivity contribution is 8.00. The van der Waals surface area contributed by atoms with Gasteiger partial charge in [-0.3, -0.25) is 9.59 Å². The molecular weight excluding hydrogens is 889 g/mol. The van der Waals surface area contributed by atoms with Gasteiger partial charge in [0.25, 0.3) is 31.9 Å². The van der Waals surface area contributed by atoms with Crippen LogP contribution in [-0.2, 0) is 48.6 Å². The van der Waals surface area contributed by atoms with E-state index in [1.165, 1.54) is 25.6 Å². The first-order chi connectivity index (χ1) is 30.8. The van der Waals surface area contributed by atoms with E-state index < -0.39 is 31.9 Å². The number of fused-ring (bicyclic) bond motifs is 1. The van der Waals surface area contributed by atoms with Crippen LogP contribution < -0.4 is 15.5 Å². The third kappa shape index (κ3) is 9.23. The Balaban J connectivity index is 0.000000193. The number of nitrogens with zero attached hydrogens (tertiary/aromatic N) is 5. The lowest BCUT2D eigenvalue weighted by Gasteiger charge is -2.25. The monoisotopic (exact) mass is 934 g/mol. The molecule has 19 nitrogen and oxygen atoms in total. The Bertz CT molecular complexity index is 2820. The van der Waals surface area contributed by atoms with Gasteiger partial charge in [-0.1, -0.05) is 60.7 Å². The van der Waals surface area contributed by atoms with Gasteiger partial charge in [0.1, 0.15) is 26.1 Å². The predicted molar refractivity (Wildman–Crippen MR) is 241 cm³/mol. The van der Waals surface area contributed by atoms with Gasteiger partial charge >= 0.3 is 5.97 Å². The number of aryl methyl sites for hydroxylation is 1. The number of aromatic amines is 1. The molecule has 2 amide bonds. The molecule has 338 valence electrons. The molecular formula is C42H46N8O11S3. The van der Waals surface area contributed by atoms with Crippen LogP contribution in [0.5, 0.6) is 0 Å². The zero-order chi connectivity index (χ0) is 45.6. The first kappa shape index (κ1) is 45.8. The van der Waals surface area contributed by atoms with E-state index >= 15 is 0 Å². The van der Waals surface area contributed by atoms with Crippen molar-refractivity contribution in [3.63, 3.8) is 0 Å². The molecule has 0 saturated carbocycles. The number of aromatic nitrogens is 3. The van der Waals surface area contributed by atoms with Gasteiger partial charge in [-0.2, -0.15) is 4.98 Å². The largest absolute Gasteiger partial charge is 0.462 e. The van der Waals surface area contributed by atoms with Crippen molar-refractivity contribution in [1.82, 2.24) is 23.8 Å². The molecule has 0 atom stereocenters. The number of sulfonamides is 2. The summed E-state index contributed by atoms with van der Waals surface area (Å²) in [7, 11) is -5.24. The Hall–Kier alpha value is -6.17. The number of carbonyl (C=O) groups excluding carboxylic acids is 3. The summed E-state index contributed by atoms with van der Waals surface area (Å²) < 4.78 is 75.9. The molecule has 8 rings (SSSR count). The summed E-state index contributed by atoms with van der Waals surface area (Å²) in [4.78, 5) is 45.1. The second-order valence-electron chi connectivity index (χ2n) is 14.2. The number of hydrogen-bond donors (Lipinski definition) is 3. The Labute approximate surface area is 373 Å². The maximum Gasteiger partial charge on any atom is 0.348 e. The molecule has 0 aliphatic carbocycles. The molecule has 5 aromatic rings. The number of rotatable bonds is 15. The summed E-state index contributed by atoms with van der Waals surface area (Å²) in [5.74, 6) is -1.07. The smallest absolute Gasteiger partial charge is 0.348 e. The molecule has 1 fully saturated rings. The van der Waals surface area contributed by atoms with Crippen molar-refractivity contribution in [1.29, 1.82) is 0 Å². The Kier molecular flexibility index (Phi) is 14.1. The first-order valence-corrected chi connectivity index (χ1v) is 23.7. The van der Waals surface area contributed by atoms with Gasteiger partial charge in [0.15, 0.2) is 0 Å². The van der Waals surface area contributed by atoms with Crippen molar-refractivity contribution >= 4 is 86.6 Å². The highest BCUT2D eigenvalue weighted by Gasteiger charge is 2.46. The Morgan fingerprint density at radius 3 is 1.89 bits per heavy atom. The number of nitrogens with one attached hydrogen (secondary N) is 3. The lowest BCUT2D eigenvalue weighted by Crippen LogP contribution is -2.36. The molecule has 3 N–H and O–H groups in total. The summed E-state index contributed by atoms with van der Waals surface area (Å²) in [6.07, 6.45) is 0. The fourth-order valence-electron chi connectivity index (χ4n) is 7.08. The van der Waals surface area contributed by atoms with Crippen molar-refractivity contribution in [3.05, 3.63) is 112 Å². The number of benzene rings is 3. The maximum atomic E-state index is 13.3. The van der Waals surface area contributed by atoms with E-state index in [2.05, 4.69) is 25.8 Å². The molecule has 5 heterocycles. The molecule has 0 radical (unpaired) electrons. The topological polar surface area (TPSA) is 232 Å². The average molecular weight is 935 g/mol. The van der Waals surface area contributed by atoms with Crippen LogP contribution in [0.3, 0.4) is 0 Å². The molecule has 1 saturated heterocycles. The van der Waals surface area contributed by atoms with E-state index in [1.54, 1.807) is 79.7 Å². The second-order valence-corrected chi connectivity index (χ2v) is 18.9. The van der Waals surface area contributed by atoms with Crippen LogP contribution in [0.25, 0.3) is 19.9 Å². The fourth-order valence-corrected chi connectivity index (χ4v) is 11.5. The molecule has 3 aliphatic rings. The summed E-state index contributed by atoms with van der Waals surface area (Å²) in [6, 6.07) is 22.4. The van der Waals surface area contributed by atoms with E-state index in [9.17, 15) is 31.2 Å². The summed E-state index contributed by atoms with van der Waals surface area (Å²) in [5.41, 5.74) is 2.01. The van der Waals surface area contributed by atoms with Gasteiger partial charge in [0, 0.05) is 37.7 Å². The van der Waals surface area contributed by atoms with Crippen LogP contribution in [0, 0.1) is 6.92 Å². The Morgan fingerprint density at radius 1 is 0.812 bits per heavy atom.